The molecule has 0 saturated heterocycles. The van der Waals surface area contributed by atoms with Gasteiger partial charge in [-0.1, -0.05) is 201 Å². The first-order chi connectivity index (χ1) is 36.2. The zero-order chi connectivity index (χ0) is 54.1. The van der Waals surface area contributed by atoms with Gasteiger partial charge in [0.05, 0.1) is 19.8 Å². The van der Waals surface area contributed by atoms with Crippen LogP contribution in [0, 0.1) is 0 Å². The third-order valence-corrected chi connectivity index (χ3v) is 12.6. The minimum absolute atomic E-state index is 0.131. The van der Waals surface area contributed by atoms with Gasteiger partial charge in [0.1, 0.15) is 12.7 Å². The number of unbranched alkanes of at least 4 members (excludes halogenated alkanes) is 17. The Morgan fingerprint density at radius 3 is 1.08 bits per heavy atom. The average molecular weight is 1060 g/mol. The molecule has 0 aromatic carbocycles. The van der Waals surface area contributed by atoms with E-state index >= 15 is 0 Å². The molecule has 0 radical (unpaired) electrons. The minimum atomic E-state index is -4.77. The van der Waals surface area contributed by atoms with Crippen LogP contribution in [0.4, 0.5) is 0 Å². The summed E-state index contributed by atoms with van der Waals surface area (Å²) in [5.41, 5.74) is 0. The van der Waals surface area contributed by atoms with E-state index in [-0.39, 0.29) is 25.9 Å². The van der Waals surface area contributed by atoms with E-state index in [1.807, 2.05) is 0 Å². The molecule has 0 rings (SSSR count). The maximum atomic E-state index is 12.9. The van der Waals surface area contributed by atoms with Gasteiger partial charge in [0.25, 0.3) is 0 Å². The van der Waals surface area contributed by atoms with Crippen LogP contribution in [0.5, 0.6) is 0 Å². The summed E-state index contributed by atoms with van der Waals surface area (Å²) >= 11 is 0. The molecule has 12 heteroatoms. The van der Waals surface area contributed by atoms with Gasteiger partial charge in [-0.3, -0.25) is 23.4 Å². The van der Waals surface area contributed by atoms with Crippen molar-refractivity contribution < 1.29 is 52.2 Å². The molecule has 0 saturated carbocycles. The molecule has 0 aromatic heterocycles. The highest BCUT2D eigenvalue weighted by Crippen LogP contribution is 2.43. The Balaban J connectivity index is 4.81. The zero-order valence-electron chi connectivity index (χ0n) is 46.5. The third kappa shape index (κ3) is 53.0. The number of carbonyl (C=O) groups excluding carboxylic acids is 3. The van der Waals surface area contributed by atoms with Crippen molar-refractivity contribution in [2.45, 2.75) is 238 Å². The van der Waals surface area contributed by atoms with Gasteiger partial charge < -0.3 is 24.2 Å². The van der Waals surface area contributed by atoms with E-state index in [1.54, 1.807) is 0 Å². The Bertz CT molecular complexity index is 1660. The standard InChI is InChI=1S/C62H103O11P/c1-4-7-10-13-16-19-22-25-27-29-31-34-36-39-42-45-48-51-60(64)69-55-59(73-62(66)53-50-47-44-41-38-35-32-30-28-26-23-20-17-14-11-8-5-2)57-71-74(67,68)70-56-58(54-63)72-61(65)52-49-46-43-40-37-33-24-21-18-15-12-9-6-3/h7-8,10-12,15-17,19-21,24-28,32,35,58-59,63H,4-6,9,13-14,18,22-23,29-31,33-34,36-57H2,1-3H3,(H,67,68)/b10-7-,11-8-,15-12-,19-16-,20-17-,24-21-,27-25-,28-26-,35-32-. The van der Waals surface area contributed by atoms with Gasteiger partial charge in [-0.05, 0) is 116 Å². The van der Waals surface area contributed by atoms with E-state index in [9.17, 15) is 28.9 Å². The van der Waals surface area contributed by atoms with Crippen LogP contribution in [0.15, 0.2) is 109 Å². The summed E-state index contributed by atoms with van der Waals surface area (Å²) < 4.78 is 39.5. The van der Waals surface area contributed by atoms with Crippen LogP contribution in [0.3, 0.4) is 0 Å². The largest absolute Gasteiger partial charge is 0.472 e. The van der Waals surface area contributed by atoms with Crippen molar-refractivity contribution in [1.29, 1.82) is 0 Å². The molecule has 0 fully saturated rings. The first-order valence-corrected chi connectivity index (χ1v) is 30.3. The average Bonchev–Trinajstić information content (AvgIpc) is 3.39. The number of phosphoric acid groups is 1. The van der Waals surface area contributed by atoms with E-state index < -0.39 is 57.8 Å². The number of allylic oxidation sites excluding steroid dienone is 18. The highest BCUT2D eigenvalue weighted by atomic mass is 31.2. The quantitative estimate of drug-likeness (QED) is 0.0197. The Hall–Kier alpha value is -3.86. The van der Waals surface area contributed by atoms with Gasteiger partial charge in [-0.15, -0.1) is 0 Å². The molecular formula is C62H103O11P. The van der Waals surface area contributed by atoms with Gasteiger partial charge in [0.2, 0.25) is 0 Å². The maximum absolute atomic E-state index is 12.9. The molecule has 0 heterocycles. The van der Waals surface area contributed by atoms with Gasteiger partial charge in [0, 0.05) is 19.3 Å². The molecule has 0 aliphatic rings. The zero-order valence-corrected chi connectivity index (χ0v) is 47.4. The Labute approximate surface area is 450 Å². The van der Waals surface area contributed by atoms with Crippen molar-refractivity contribution in [2.75, 3.05) is 26.4 Å². The third-order valence-electron chi connectivity index (χ3n) is 11.6. The summed E-state index contributed by atoms with van der Waals surface area (Å²) in [5, 5.41) is 9.81. The minimum Gasteiger partial charge on any atom is -0.462 e. The fraction of sp³-hybridized carbons (Fsp3) is 0.661. The Morgan fingerprint density at radius 2 is 0.703 bits per heavy atom. The lowest BCUT2D eigenvalue weighted by Gasteiger charge is -2.21. The summed E-state index contributed by atoms with van der Waals surface area (Å²) in [6.45, 7) is 4.29. The molecule has 0 aliphatic heterocycles. The van der Waals surface area contributed by atoms with Crippen LogP contribution >= 0.6 is 7.82 Å². The molecule has 2 N–H and O–H groups in total. The number of hydrogen-bond acceptors (Lipinski definition) is 10. The number of aliphatic hydroxyl groups is 1. The summed E-state index contributed by atoms with van der Waals surface area (Å²) in [7, 11) is -4.77. The second-order valence-electron chi connectivity index (χ2n) is 18.7. The Kier molecular flexibility index (Phi) is 52.5. The number of carbonyl (C=O) groups is 3. The van der Waals surface area contributed by atoms with Crippen LogP contribution in [0.1, 0.15) is 226 Å². The maximum Gasteiger partial charge on any atom is 0.472 e. The molecule has 0 spiro atoms. The lowest BCUT2D eigenvalue weighted by atomic mass is 10.1. The molecule has 0 amide bonds. The van der Waals surface area contributed by atoms with Crippen molar-refractivity contribution in [3.63, 3.8) is 0 Å². The number of esters is 3. The summed E-state index contributed by atoms with van der Waals surface area (Å²) in [6, 6.07) is 0. The van der Waals surface area contributed by atoms with Crippen LogP contribution in [0.2, 0.25) is 0 Å². The second-order valence-corrected chi connectivity index (χ2v) is 20.1. The van der Waals surface area contributed by atoms with Crippen LogP contribution in [-0.2, 0) is 42.2 Å². The van der Waals surface area contributed by atoms with Crippen LogP contribution in [-0.4, -0.2) is 66.5 Å². The van der Waals surface area contributed by atoms with Gasteiger partial charge in [-0.25, -0.2) is 4.57 Å². The SMILES string of the molecule is CC/C=C\C/C=C\C/C=C\C/C=C\CCCCCCC(=O)OC(COC(=O)CCCCCCCCC/C=C\C/C=C\C/C=C\CC)COP(=O)(O)OCC(CO)OC(=O)CCCCCCC/C=C\C/C=C\CCC. The van der Waals surface area contributed by atoms with Crippen molar-refractivity contribution in [3.05, 3.63) is 109 Å². The van der Waals surface area contributed by atoms with Crippen LogP contribution in [0.25, 0.3) is 0 Å². The van der Waals surface area contributed by atoms with E-state index in [4.69, 9.17) is 23.3 Å². The van der Waals surface area contributed by atoms with Crippen molar-refractivity contribution in [1.82, 2.24) is 0 Å². The highest BCUT2D eigenvalue weighted by molar-refractivity contribution is 7.47. The van der Waals surface area contributed by atoms with Crippen molar-refractivity contribution >= 4 is 25.7 Å². The lowest BCUT2D eigenvalue weighted by molar-refractivity contribution is -0.161. The molecule has 422 valence electrons. The normalized spacial score (nSPS) is 14.2. The lowest BCUT2D eigenvalue weighted by Crippen LogP contribution is -2.30. The summed E-state index contributed by atoms with van der Waals surface area (Å²) in [5.74, 6) is -1.53. The number of rotatable bonds is 52. The van der Waals surface area contributed by atoms with Gasteiger partial charge in [-0.2, -0.15) is 0 Å². The molecule has 11 nitrogen and oxygen atoms in total. The number of hydrogen-bond donors (Lipinski definition) is 2. The predicted molar refractivity (Wildman–Crippen MR) is 307 cm³/mol. The number of ether oxygens (including phenoxy) is 3. The molecular weight excluding hydrogens is 952 g/mol. The second kappa shape index (κ2) is 55.4. The fourth-order valence-electron chi connectivity index (χ4n) is 7.34. The molecule has 3 atom stereocenters. The molecule has 0 aliphatic carbocycles. The Morgan fingerprint density at radius 1 is 0.392 bits per heavy atom. The van der Waals surface area contributed by atoms with E-state index in [2.05, 4.69) is 130 Å². The van der Waals surface area contributed by atoms with Crippen LogP contribution < -0.4 is 0 Å². The topological polar surface area (TPSA) is 155 Å². The first kappa shape index (κ1) is 70.1. The number of phosphoric ester groups is 1. The summed E-state index contributed by atoms with van der Waals surface area (Å²) in [6.07, 6.45) is 66.1. The predicted octanol–water partition coefficient (Wildman–Crippen LogP) is 17.0. The van der Waals surface area contributed by atoms with Gasteiger partial charge in [0.15, 0.2) is 6.10 Å². The molecule has 0 aromatic rings. The molecule has 0 bridgehead atoms. The van der Waals surface area contributed by atoms with Gasteiger partial charge >= 0.3 is 25.7 Å². The van der Waals surface area contributed by atoms with E-state index in [0.29, 0.717) is 19.3 Å². The van der Waals surface area contributed by atoms with Crippen molar-refractivity contribution in [3.8, 4) is 0 Å². The van der Waals surface area contributed by atoms with E-state index in [0.717, 1.165) is 154 Å². The monoisotopic (exact) mass is 1050 g/mol. The number of aliphatic hydroxyl groups excluding tert-OH is 1. The molecule has 74 heavy (non-hydrogen) atoms. The smallest absolute Gasteiger partial charge is 0.462 e. The van der Waals surface area contributed by atoms with Crippen molar-refractivity contribution in [2.24, 2.45) is 0 Å². The first-order valence-electron chi connectivity index (χ1n) is 28.8. The van der Waals surface area contributed by atoms with E-state index in [1.165, 1.54) is 12.8 Å². The highest BCUT2D eigenvalue weighted by Gasteiger charge is 2.28. The molecule has 3 unspecified atom stereocenters. The fourth-order valence-corrected chi connectivity index (χ4v) is 8.12. The summed E-state index contributed by atoms with van der Waals surface area (Å²) in [4.78, 5) is 48.5.